The van der Waals surface area contributed by atoms with Gasteiger partial charge in [-0.3, -0.25) is 9.11 Å². The van der Waals surface area contributed by atoms with Gasteiger partial charge in [-0.1, -0.05) is 0 Å². The number of oxazole rings is 2. The third-order valence-corrected chi connectivity index (χ3v) is 5.42. The summed E-state index contributed by atoms with van der Waals surface area (Å²) in [6.07, 6.45) is 2.84. The molecule has 0 spiro atoms. The number of hydrogen-bond donors (Lipinski definition) is 2. The van der Waals surface area contributed by atoms with Gasteiger partial charge in [0, 0.05) is 24.3 Å². The van der Waals surface area contributed by atoms with Gasteiger partial charge in [-0.25, -0.2) is 9.97 Å². The minimum atomic E-state index is -4.36. The molecule has 2 aromatic heterocycles. The summed E-state index contributed by atoms with van der Waals surface area (Å²) < 4.78 is 73.6. The fraction of sp³-hybridized carbons (Fsp3) is 0. The van der Waals surface area contributed by atoms with Gasteiger partial charge in [0.15, 0.2) is 11.2 Å². The fourth-order valence-electron chi connectivity index (χ4n) is 2.45. The van der Waals surface area contributed by atoms with Crippen LogP contribution < -0.4 is 0 Å². The lowest BCUT2D eigenvalue weighted by Crippen LogP contribution is -1.96. The molecule has 0 saturated heterocycles. The second-order valence-electron chi connectivity index (χ2n) is 5.65. The second kappa shape index (κ2) is 6.24. The third-order valence-electron chi connectivity index (χ3n) is 3.72. The quantitative estimate of drug-likeness (QED) is 0.468. The maximum absolute atomic E-state index is 11.2. The van der Waals surface area contributed by atoms with Crippen LogP contribution in [0.25, 0.3) is 34.4 Å². The van der Waals surface area contributed by atoms with Crippen molar-refractivity contribution in [3.63, 3.8) is 0 Å². The van der Waals surface area contributed by atoms with Crippen LogP contribution in [-0.4, -0.2) is 35.9 Å². The highest BCUT2D eigenvalue weighted by Crippen LogP contribution is 2.23. The van der Waals surface area contributed by atoms with Gasteiger partial charge in [0.05, 0.1) is 9.79 Å². The summed E-state index contributed by atoms with van der Waals surface area (Å²) in [5.74, 6) is 0.256. The molecule has 2 heterocycles. The monoisotopic (exact) mass is 422 g/mol. The average Bonchev–Trinajstić information content (AvgIpc) is 3.19. The van der Waals surface area contributed by atoms with E-state index in [1.54, 1.807) is 0 Å². The van der Waals surface area contributed by atoms with Crippen molar-refractivity contribution in [3.8, 4) is 0 Å². The van der Waals surface area contributed by atoms with E-state index in [0.29, 0.717) is 11.0 Å². The Labute approximate surface area is 157 Å². The number of benzene rings is 2. The van der Waals surface area contributed by atoms with Crippen LogP contribution in [0.2, 0.25) is 0 Å². The summed E-state index contributed by atoms with van der Waals surface area (Å²) in [6.45, 7) is 0. The summed E-state index contributed by atoms with van der Waals surface area (Å²) in [5, 5.41) is 0. The molecule has 0 bridgehead atoms. The van der Waals surface area contributed by atoms with Crippen LogP contribution in [0, 0.1) is 0 Å². The molecule has 4 aromatic rings. The van der Waals surface area contributed by atoms with Crippen LogP contribution in [0.15, 0.2) is 55.0 Å². The number of rotatable bonds is 4. The van der Waals surface area contributed by atoms with Crippen molar-refractivity contribution in [2.45, 2.75) is 9.79 Å². The molecular formula is C16H10N2O8S2. The Bertz CT molecular complexity index is 1350. The van der Waals surface area contributed by atoms with Gasteiger partial charge < -0.3 is 8.83 Å². The zero-order valence-corrected chi connectivity index (χ0v) is 15.3. The minimum absolute atomic E-state index is 0.128. The lowest BCUT2D eigenvalue weighted by atomic mass is 10.3. The number of nitrogens with zero attached hydrogens (tertiary/aromatic N) is 2. The number of fused-ring (bicyclic) bond motifs is 2. The molecule has 0 saturated carbocycles. The van der Waals surface area contributed by atoms with Gasteiger partial charge >= 0.3 is 0 Å². The molecule has 0 amide bonds. The molecule has 2 aromatic carbocycles. The van der Waals surface area contributed by atoms with Crippen molar-refractivity contribution in [1.82, 2.24) is 9.97 Å². The molecule has 0 atom stereocenters. The number of hydrogen-bond acceptors (Lipinski definition) is 8. The predicted molar refractivity (Wildman–Crippen MR) is 96.6 cm³/mol. The van der Waals surface area contributed by atoms with E-state index in [-0.39, 0.29) is 32.7 Å². The topological polar surface area (TPSA) is 161 Å². The van der Waals surface area contributed by atoms with Crippen LogP contribution in [0.5, 0.6) is 0 Å². The lowest BCUT2D eigenvalue weighted by molar-refractivity contribution is 0.480. The van der Waals surface area contributed by atoms with Crippen molar-refractivity contribution >= 4 is 54.6 Å². The first-order valence-electron chi connectivity index (χ1n) is 7.54. The highest BCUT2D eigenvalue weighted by Gasteiger charge is 2.14. The number of aromatic nitrogens is 2. The smallest absolute Gasteiger partial charge is 0.294 e. The molecule has 10 nitrogen and oxygen atoms in total. The van der Waals surface area contributed by atoms with Crippen LogP contribution in [0.3, 0.4) is 0 Å². The Hall–Kier alpha value is -3.06. The third kappa shape index (κ3) is 3.53. The molecule has 12 heteroatoms. The van der Waals surface area contributed by atoms with E-state index in [4.69, 9.17) is 17.9 Å². The molecule has 0 fully saturated rings. The Kier molecular flexibility index (Phi) is 4.08. The molecule has 0 radical (unpaired) electrons. The zero-order valence-electron chi connectivity index (χ0n) is 13.7. The standard InChI is InChI=1S/C16H10N2O8S2/c19-27(20,21)9-1-3-11-13(7-9)25-15(17-11)5-6-16-18-12-4-2-10(28(22,23)24)8-14(12)26-16/h1-8H,(H,19,20,21)(H,22,23,24). The normalized spacial score (nSPS) is 13.1. The van der Waals surface area contributed by atoms with Crippen LogP contribution in [0.1, 0.15) is 11.8 Å². The Morgan fingerprint density at radius 1 is 0.714 bits per heavy atom. The first-order chi connectivity index (χ1) is 13.1. The van der Waals surface area contributed by atoms with E-state index in [2.05, 4.69) is 9.97 Å². The Morgan fingerprint density at radius 3 is 1.46 bits per heavy atom. The summed E-state index contributed by atoms with van der Waals surface area (Å²) in [5.41, 5.74) is 1.07. The highest BCUT2D eigenvalue weighted by atomic mass is 32.2. The summed E-state index contributed by atoms with van der Waals surface area (Å²) in [6, 6.07) is 7.45. The Morgan fingerprint density at radius 2 is 1.11 bits per heavy atom. The van der Waals surface area contributed by atoms with E-state index >= 15 is 0 Å². The summed E-state index contributed by atoms with van der Waals surface area (Å²) in [4.78, 5) is 7.64. The second-order valence-corrected chi connectivity index (χ2v) is 8.49. The van der Waals surface area contributed by atoms with Crippen molar-refractivity contribution in [2.75, 3.05) is 0 Å². The predicted octanol–water partition coefficient (Wildman–Crippen LogP) is 2.63. The van der Waals surface area contributed by atoms with Crippen molar-refractivity contribution in [3.05, 3.63) is 48.2 Å². The van der Waals surface area contributed by atoms with E-state index in [1.807, 2.05) is 0 Å². The van der Waals surface area contributed by atoms with Crippen LogP contribution in [-0.2, 0) is 20.2 Å². The van der Waals surface area contributed by atoms with Crippen molar-refractivity contribution in [1.29, 1.82) is 0 Å². The summed E-state index contributed by atoms with van der Waals surface area (Å²) >= 11 is 0. The van der Waals surface area contributed by atoms with E-state index in [1.165, 1.54) is 36.4 Å². The van der Waals surface area contributed by atoms with Gasteiger partial charge in [-0.15, -0.1) is 0 Å². The van der Waals surface area contributed by atoms with Crippen LogP contribution >= 0.6 is 0 Å². The van der Waals surface area contributed by atoms with Gasteiger partial charge in [-0.05, 0) is 24.3 Å². The molecule has 0 unspecified atom stereocenters. The molecule has 28 heavy (non-hydrogen) atoms. The van der Waals surface area contributed by atoms with Gasteiger partial charge in [0.25, 0.3) is 20.2 Å². The van der Waals surface area contributed by atoms with E-state index < -0.39 is 20.2 Å². The van der Waals surface area contributed by atoms with Crippen LogP contribution in [0.4, 0.5) is 0 Å². The van der Waals surface area contributed by atoms with Crippen molar-refractivity contribution in [2.24, 2.45) is 0 Å². The van der Waals surface area contributed by atoms with Gasteiger partial charge in [0.2, 0.25) is 11.8 Å². The Balaban J connectivity index is 1.67. The van der Waals surface area contributed by atoms with Gasteiger partial charge in [0.1, 0.15) is 11.0 Å². The SMILES string of the molecule is O=S(=O)(O)c1ccc2nc(C=Cc3nc4ccc(S(=O)(=O)O)cc4o3)oc2c1. The first-order valence-corrected chi connectivity index (χ1v) is 10.4. The zero-order chi connectivity index (χ0) is 20.1. The summed E-state index contributed by atoms with van der Waals surface area (Å²) in [7, 11) is -8.72. The molecule has 0 aliphatic carbocycles. The largest absolute Gasteiger partial charge is 0.437 e. The average molecular weight is 422 g/mol. The van der Waals surface area contributed by atoms with Crippen molar-refractivity contribution < 1.29 is 34.8 Å². The van der Waals surface area contributed by atoms with Gasteiger partial charge in [-0.2, -0.15) is 16.8 Å². The molecule has 0 aliphatic rings. The molecule has 4 rings (SSSR count). The molecule has 2 N–H and O–H groups in total. The molecular weight excluding hydrogens is 412 g/mol. The minimum Gasteiger partial charge on any atom is -0.437 e. The highest BCUT2D eigenvalue weighted by molar-refractivity contribution is 7.86. The lowest BCUT2D eigenvalue weighted by Gasteiger charge is -1.94. The maximum atomic E-state index is 11.2. The molecule has 144 valence electrons. The fourth-order valence-corrected chi connectivity index (χ4v) is 3.44. The first kappa shape index (κ1) is 18.3. The molecule has 0 aliphatic heterocycles. The maximum Gasteiger partial charge on any atom is 0.294 e. The van der Waals surface area contributed by atoms with E-state index in [9.17, 15) is 16.8 Å². The van der Waals surface area contributed by atoms with E-state index in [0.717, 1.165) is 12.1 Å².